The zero-order valence-corrected chi connectivity index (χ0v) is 8.33. The first kappa shape index (κ1) is 8.83. The van der Waals surface area contributed by atoms with Gasteiger partial charge in [0.2, 0.25) is 0 Å². The molecule has 70 valence electrons. The van der Waals surface area contributed by atoms with Crippen LogP contribution in [-0.4, -0.2) is 6.54 Å². The van der Waals surface area contributed by atoms with Crippen molar-refractivity contribution in [2.75, 3.05) is 6.54 Å². The van der Waals surface area contributed by atoms with Crippen LogP contribution in [0, 0.1) is 16.7 Å². The zero-order chi connectivity index (χ0) is 7.53. The van der Waals surface area contributed by atoms with Crippen molar-refractivity contribution in [3.63, 3.8) is 0 Å². The SMILES string of the molecule is Cl.NCC1C2(CCC2)C12CCC2. The number of halogens is 1. The lowest BCUT2D eigenvalue weighted by molar-refractivity contribution is 0.129. The smallest absolute Gasteiger partial charge is 0.00378 e. The highest BCUT2D eigenvalue weighted by molar-refractivity contribution is 5.85. The lowest BCUT2D eigenvalue weighted by Gasteiger charge is -2.38. The molecule has 2 N–H and O–H groups in total. The Hall–Kier alpha value is 0.250. The molecular formula is C10H18ClN. The van der Waals surface area contributed by atoms with Crippen LogP contribution in [0.4, 0.5) is 0 Å². The van der Waals surface area contributed by atoms with Crippen molar-refractivity contribution in [2.24, 2.45) is 22.5 Å². The average molecular weight is 188 g/mol. The van der Waals surface area contributed by atoms with Gasteiger partial charge in [0.15, 0.2) is 0 Å². The van der Waals surface area contributed by atoms with E-state index in [1.807, 2.05) is 0 Å². The molecule has 0 aromatic rings. The van der Waals surface area contributed by atoms with Crippen LogP contribution in [0.25, 0.3) is 0 Å². The Labute approximate surface area is 80.5 Å². The van der Waals surface area contributed by atoms with Crippen LogP contribution in [0.15, 0.2) is 0 Å². The van der Waals surface area contributed by atoms with Gasteiger partial charge in [0, 0.05) is 0 Å². The summed E-state index contributed by atoms with van der Waals surface area (Å²) in [6.07, 6.45) is 9.00. The van der Waals surface area contributed by atoms with Gasteiger partial charge in [0.05, 0.1) is 0 Å². The number of fused-ring (bicyclic) bond motifs is 1. The van der Waals surface area contributed by atoms with Gasteiger partial charge in [-0.25, -0.2) is 0 Å². The summed E-state index contributed by atoms with van der Waals surface area (Å²) in [5, 5.41) is 0. The molecule has 12 heavy (non-hydrogen) atoms. The number of hydrogen-bond donors (Lipinski definition) is 1. The fraction of sp³-hybridized carbons (Fsp3) is 1.00. The second-order valence-corrected chi connectivity index (χ2v) is 4.81. The molecule has 0 aromatic heterocycles. The topological polar surface area (TPSA) is 26.0 Å². The Balaban J connectivity index is 0.000000563. The molecule has 0 unspecified atom stereocenters. The normalized spacial score (nSPS) is 38.2. The minimum atomic E-state index is 0. The monoisotopic (exact) mass is 187 g/mol. The summed E-state index contributed by atoms with van der Waals surface area (Å²) in [6.45, 7) is 0.972. The molecule has 1 nitrogen and oxygen atoms in total. The Morgan fingerprint density at radius 3 is 1.50 bits per heavy atom. The van der Waals surface area contributed by atoms with E-state index >= 15 is 0 Å². The van der Waals surface area contributed by atoms with E-state index in [2.05, 4.69) is 0 Å². The molecule has 0 aliphatic heterocycles. The predicted molar refractivity (Wildman–Crippen MR) is 52.4 cm³/mol. The molecule has 2 heteroatoms. The highest BCUT2D eigenvalue weighted by atomic mass is 35.5. The van der Waals surface area contributed by atoms with Crippen LogP contribution in [0.5, 0.6) is 0 Å². The zero-order valence-electron chi connectivity index (χ0n) is 7.51. The van der Waals surface area contributed by atoms with Crippen LogP contribution in [-0.2, 0) is 0 Å². The molecular weight excluding hydrogens is 170 g/mol. The van der Waals surface area contributed by atoms with Gasteiger partial charge in [-0.3, -0.25) is 0 Å². The fourth-order valence-corrected chi connectivity index (χ4v) is 4.10. The van der Waals surface area contributed by atoms with Crippen LogP contribution < -0.4 is 5.73 Å². The third-order valence-electron chi connectivity index (χ3n) is 4.97. The quantitative estimate of drug-likeness (QED) is 0.670. The van der Waals surface area contributed by atoms with E-state index in [-0.39, 0.29) is 12.4 Å². The Morgan fingerprint density at radius 1 is 1.00 bits per heavy atom. The standard InChI is InChI=1S/C10H17N.ClH/c11-7-8-9(3-1-4-9)10(8)5-2-6-10;/h8H,1-7,11H2;1H. The van der Waals surface area contributed by atoms with Gasteiger partial charge in [-0.1, -0.05) is 12.8 Å². The van der Waals surface area contributed by atoms with Crippen molar-refractivity contribution in [1.82, 2.24) is 0 Å². The number of nitrogens with two attached hydrogens (primary N) is 1. The maximum atomic E-state index is 5.80. The summed E-state index contributed by atoms with van der Waals surface area (Å²) >= 11 is 0. The van der Waals surface area contributed by atoms with Gasteiger partial charge < -0.3 is 5.73 Å². The molecule has 3 fully saturated rings. The molecule has 0 radical (unpaired) electrons. The first-order chi connectivity index (χ1) is 5.36. The van der Waals surface area contributed by atoms with Crippen molar-refractivity contribution < 1.29 is 0 Å². The highest BCUT2D eigenvalue weighted by Crippen LogP contribution is 2.84. The van der Waals surface area contributed by atoms with Crippen molar-refractivity contribution >= 4 is 12.4 Å². The van der Waals surface area contributed by atoms with Crippen LogP contribution in [0.2, 0.25) is 0 Å². The Bertz CT molecular complexity index is 174. The summed E-state index contributed by atoms with van der Waals surface area (Å²) < 4.78 is 0. The van der Waals surface area contributed by atoms with Crippen molar-refractivity contribution in [1.29, 1.82) is 0 Å². The molecule has 3 saturated carbocycles. The van der Waals surface area contributed by atoms with E-state index in [1.54, 1.807) is 0 Å². The lowest BCUT2D eigenvalue weighted by atomic mass is 9.67. The third kappa shape index (κ3) is 0.632. The summed E-state index contributed by atoms with van der Waals surface area (Å²) in [5.41, 5.74) is 7.42. The fourth-order valence-electron chi connectivity index (χ4n) is 4.10. The molecule has 0 aromatic carbocycles. The van der Waals surface area contributed by atoms with Crippen LogP contribution in [0.3, 0.4) is 0 Å². The van der Waals surface area contributed by atoms with Gasteiger partial charge in [-0.2, -0.15) is 0 Å². The lowest BCUT2D eigenvalue weighted by Crippen LogP contribution is -2.26. The van der Waals surface area contributed by atoms with E-state index < -0.39 is 0 Å². The van der Waals surface area contributed by atoms with Crippen molar-refractivity contribution in [2.45, 2.75) is 38.5 Å². The number of hydrogen-bond acceptors (Lipinski definition) is 1. The van der Waals surface area contributed by atoms with E-state index in [9.17, 15) is 0 Å². The number of rotatable bonds is 1. The molecule has 0 heterocycles. The molecule has 0 amide bonds. The van der Waals surface area contributed by atoms with E-state index in [1.165, 1.54) is 38.5 Å². The Kier molecular flexibility index (Phi) is 1.76. The highest BCUT2D eigenvalue weighted by Gasteiger charge is 2.78. The second kappa shape index (κ2) is 2.39. The molecule has 0 saturated heterocycles. The van der Waals surface area contributed by atoms with E-state index in [0.29, 0.717) is 0 Å². The Morgan fingerprint density at radius 2 is 1.42 bits per heavy atom. The second-order valence-electron chi connectivity index (χ2n) is 4.81. The maximum Gasteiger partial charge on any atom is -0.00378 e. The van der Waals surface area contributed by atoms with E-state index in [0.717, 1.165) is 23.3 Å². The average Bonchev–Trinajstić information content (AvgIpc) is 2.47. The summed E-state index contributed by atoms with van der Waals surface area (Å²) in [4.78, 5) is 0. The summed E-state index contributed by atoms with van der Waals surface area (Å²) in [6, 6.07) is 0. The minimum absolute atomic E-state index is 0. The molecule has 0 atom stereocenters. The minimum Gasteiger partial charge on any atom is -0.330 e. The first-order valence-electron chi connectivity index (χ1n) is 5.06. The van der Waals surface area contributed by atoms with Gasteiger partial charge in [-0.05, 0) is 49.0 Å². The van der Waals surface area contributed by atoms with Gasteiger partial charge >= 0.3 is 0 Å². The summed E-state index contributed by atoms with van der Waals surface area (Å²) in [7, 11) is 0. The van der Waals surface area contributed by atoms with Gasteiger partial charge in [0.25, 0.3) is 0 Å². The van der Waals surface area contributed by atoms with Gasteiger partial charge in [0.1, 0.15) is 0 Å². The van der Waals surface area contributed by atoms with Gasteiger partial charge in [-0.15, -0.1) is 12.4 Å². The van der Waals surface area contributed by atoms with E-state index in [4.69, 9.17) is 5.73 Å². The third-order valence-corrected chi connectivity index (χ3v) is 4.97. The molecule has 0 bridgehead atoms. The summed E-state index contributed by atoms with van der Waals surface area (Å²) in [5.74, 6) is 0.942. The molecule has 3 rings (SSSR count). The first-order valence-corrected chi connectivity index (χ1v) is 5.06. The maximum absolute atomic E-state index is 5.80. The van der Waals surface area contributed by atoms with Crippen molar-refractivity contribution in [3.05, 3.63) is 0 Å². The van der Waals surface area contributed by atoms with Crippen LogP contribution >= 0.6 is 12.4 Å². The molecule has 3 aliphatic rings. The molecule has 2 spiro atoms. The predicted octanol–water partition coefficient (Wildman–Crippen LogP) is 2.34. The van der Waals surface area contributed by atoms with Crippen LogP contribution in [0.1, 0.15) is 38.5 Å². The largest absolute Gasteiger partial charge is 0.330 e. The van der Waals surface area contributed by atoms with Crippen molar-refractivity contribution in [3.8, 4) is 0 Å². The molecule has 3 aliphatic carbocycles.